The monoisotopic (exact) mass is 476 g/mol. The smallest absolute Gasteiger partial charge is 0.333 e. The zero-order valence-corrected chi connectivity index (χ0v) is 21.3. The average Bonchev–Trinajstić information content (AvgIpc) is 3.07. The maximum Gasteiger partial charge on any atom is 0.333 e. The van der Waals surface area contributed by atoms with Crippen LogP contribution in [-0.4, -0.2) is 59.6 Å². The third-order valence-electron chi connectivity index (χ3n) is 6.48. The first kappa shape index (κ1) is 27.7. The Balaban J connectivity index is 2.42. The number of carbonyl (C=O) groups excluding carboxylic acids is 3. The zero-order valence-electron chi connectivity index (χ0n) is 21.3. The molecule has 0 aromatic carbocycles. The fourth-order valence-electron chi connectivity index (χ4n) is 4.04. The highest BCUT2D eigenvalue weighted by Crippen LogP contribution is 2.49. The predicted octanol–water partition coefficient (Wildman–Crippen LogP) is 3.35. The van der Waals surface area contributed by atoms with Gasteiger partial charge in [-0.25, -0.2) is 9.59 Å². The van der Waals surface area contributed by atoms with E-state index in [1.807, 2.05) is 0 Å². The molecule has 1 fully saturated rings. The topological polar surface area (TPSA) is 108 Å². The highest BCUT2D eigenvalue weighted by molar-refractivity contribution is 6.02. The van der Waals surface area contributed by atoms with Crippen LogP contribution in [0.3, 0.4) is 0 Å². The lowest BCUT2D eigenvalue weighted by molar-refractivity contribution is -0.235. The van der Waals surface area contributed by atoms with Crippen molar-refractivity contribution in [3.8, 4) is 0 Å². The minimum absolute atomic E-state index is 0.0214. The molecule has 34 heavy (non-hydrogen) atoms. The molecule has 8 nitrogen and oxygen atoms in total. The lowest BCUT2D eigenvalue weighted by atomic mass is 9.77. The molecule has 0 aromatic heterocycles. The fourth-order valence-corrected chi connectivity index (χ4v) is 4.04. The molecule has 0 amide bonds. The van der Waals surface area contributed by atoms with E-state index in [-0.39, 0.29) is 6.42 Å². The number of ether oxygens (including phenoxy) is 4. The van der Waals surface area contributed by atoms with Gasteiger partial charge in [-0.05, 0) is 65.7 Å². The molecule has 8 heteroatoms. The van der Waals surface area contributed by atoms with Gasteiger partial charge in [0.05, 0.1) is 17.6 Å². The Bertz CT molecular complexity index is 948. The van der Waals surface area contributed by atoms with Crippen LogP contribution in [0.15, 0.2) is 47.1 Å². The number of rotatable bonds is 8. The molecule has 2 rings (SSSR count). The van der Waals surface area contributed by atoms with E-state index in [1.54, 1.807) is 52.8 Å². The van der Waals surface area contributed by atoms with Gasteiger partial charge in [0, 0.05) is 24.7 Å². The highest BCUT2D eigenvalue weighted by Gasteiger charge is 2.62. The zero-order chi connectivity index (χ0) is 26.0. The third kappa shape index (κ3) is 5.24. The summed E-state index contributed by atoms with van der Waals surface area (Å²) >= 11 is 0. The van der Waals surface area contributed by atoms with Crippen LogP contribution in [0.5, 0.6) is 0 Å². The molecular formula is C26H36O8. The van der Waals surface area contributed by atoms with E-state index in [2.05, 4.69) is 6.58 Å². The molecule has 1 aliphatic heterocycles. The number of fused-ring (bicyclic) bond motifs is 1. The van der Waals surface area contributed by atoms with Crippen LogP contribution in [0.2, 0.25) is 0 Å². The molecule has 2 aliphatic rings. The van der Waals surface area contributed by atoms with Gasteiger partial charge in [0.1, 0.15) is 12.2 Å². The van der Waals surface area contributed by atoms with E-state index in [1.165, 1.54) is 21.0 Å². The summed E-state index contributed by atoms with van der Waals surface area (Å²) in [7, 11) is 1.35. The molecule has 0 saturated carbocycles. The Kier molecular flexibility index (Phi) is 8.45. The van der Waals surface area contributed by atoms with Crippen molar-refractivity contribution in [3.63, 3.8) is 0 Å². The van der Waals surface area contributed by atoms with E-state index in [0.717, 1.165) is 0 Å². The van der Waals surface area contributed by atoms with Gasteiger partial charge in [0.25, 0.3) is 0 Å². The lowest BCUT2D eigenvalue weighted by Crippen LogP contribution is -2.54. The summed E-state index contributed by atoms with van der Waals surface area (Å²) < 4.78 is 23.1. The Morgan fingerprint density at radius 2 is 1.79 bits per heavy atom. The first-order valence-electron chi connectivity index (χ1n) is 11.3. The van der Waals surface area contributed by atoms with Gasteiger partial charge in [0.15, 0.2) is 0 Å². The molecule has 5 atom stereocenters. The molecule has 188 valence electrons. The summed E-state index contributed by atoms with van der Waals surface area (Å²) in [4.78, 5) is 38.1. The molecular weight excluding hydrogens is 440 g/mol. The van der Waals surface area contributed by atoms with Crippen molar-refractivity contribution in [1.29, 1.82) is 0 Å². The van der Waals surface area contributed by atoms with E-state index >= 15 is 0 Å². The number of hydrogen-bond acceptors (Lipinski definition) is 8. The SMILES string of the molecule is C=C1C(CC(OC(=O)C(C)=CC)C(C)(C)O)OC2(OC)C(=O)C(C)=CC(OC(=O)C(C)=CC)C12. The quantitative estimate of drug-likeness (QED) is 0.323. The van der Waals surface area contributed by atoms with Crippen molar-refractivity contribution in [1.82, 2.24) is 0 Å². The first-order valence-corrected chi connectivity index (χ1v) is 11.3. The molecule has 1 heterocycles. The highest BCUT2D eigenvalue weighted by atomic mass is 16.7. The van der Waals surface area contributed by atoms with Gasteiger partial charge in [0.2, 0.25) is 11.6 Å². The summed E-state index contributed by atoms with van der Waals surface area (Å²) in [5, 5.41) is 10.7. The second-order valence-electron chi connectivity index (χ2n) is 9.31. The standard InChI is InChI=1S/C26H36O8/c1-10-14(3)23(28)32-19-12-16(5)22(27)26(31-9)21(19)17(6)18(34-26)13-20(25(7,8)30)33-24(29)15(4)11-2/h10-12,18-21,30H,6,13H2,1-5,7-9H3. The number of Topliss-reactive ketones (excluding diaryl/α,β-unsaturated/α-hetero) is 1. The third-order valence-corrected chi connectivity index (χ3v) is 6.48. The number of aliphatic hydroxyl groups is 1. The van der Waals surface area contributed by atoms with E-state index in [9.17, 15) is 19.5 Å². The van der Waals surface area contributed by atoms with Gasteiger partial charge in [-0.15, -0.1) is 0 Å². The van der Waals surface area contributed by atoms with Crippen LogP contribution >= 0.6 is 0 Å². The van der Waals surface area contributed by atoms with Gasteiger partial charge in [-0.2, -0.15) is 0 Å². The van der Waals surface area contributed by atoms with Crippen LogP contribution in [-0.2, 0) is 33.3 Å². The molecule has 1 aliphatic carbocycles. The second kappa shape index (κ2) is 10.4. The largest absolute Gasteiger partial charge is 0.456 e. The first-order chi connectivity index (χ1) is 15.7. The molecule has 1 saturated heterocycles. The van der Waals surface area contributed by atoms with E-state index in [4.69, 9.17) is 18.9 Å². The van der Waals surface area contributed by atoms with Gasteiger partial charge in [-0.1, -0.05) is 18.7 Å². The number of ketones is 1. The average molecular weight is 477 g/mol. The van der Waals surface area contributed by atoms with Crippen LogP contribution in [0.25, 0.3) is 0 Å². The minimum atomic E-state index is -1.75. The van der Waals surface area contributed by atoms with Crippen molar-refractivity contribution in [3.05, 3.63) is 47.1 Å². The molecule has 5 unspecified atom stereocenters. The van der Waals surface area contributed by atoms with Crippen molar-refractivity contribution in [2.45, 2.75) is 84.6 Å². The number of allylic oxidation sites excluding steroid dienone is 2. The van der Waals surface area contributed by atoms with Gasteiger partial charge in [-0.3, -0.25) is 4.79 Å². The van der Waals surface area contributed by atoms with Gasteiger partial charge >= 0.3 is 11.9 Å². The van der Waals surface area contributed by atoms with Crippen LogP contribution in [0, 0.1) is 5.92 Å². The van der Waals surface area contributed by atoms with Crippen LogP contribution < -0.4 is 0 Å². The summed E-state index contributed by atoms with van der Waals surface area (Å²) in [6.45, 7) is 15.5. The lowest BCUT2D eigenvalue weighted by Gasteiger charge is -2.38. The Hall–Kier alpha value is -2.55. The second-order valence-corrected chi connectivity index (χ2v) is 9.31. The predicted molar refractivity (Wildman–Crippen MR) is 126 cm³/mol. The van der Waals surface area contributed by atoms with E-state index in [0.29, 0.717) is 22.3 Å². The number of methoxy groups -OCH3 is 1. The van der Waals surface area contributed by atoms with Crippen molar-refractivity contribution >= 4 is 17.7 Å². The normalized spacial score (nSPS) is 28.9. The minimum Gasteiger partial charge on any atom is -0.456 e. The Labute approximate surface area is 201 Å². The summed E-state index contributed by atoms with van der Waals surface area (Å²) in [6.07, 6.45) is 2.20. The van der Waals surface area contributed by atoms with Crippen LogP contribution in [0.4, 0.5) is 0 Å². The van der Waals surface area contributed by atoms with Crippen molar-refractivity contribution in [2.24, 2.45) is 5.92 Å². The van der Waals surface area contributed by atoms with E-state index < -0.39 is 53.3 Å². The summed E-state index contributed by atoms with van der Waals surface area (Å²) in [5.41, 5.74) is 0.178. The summed E-state index contributed by atoms with van der Waals surface area (Å²) in [6, 6.07) is 0. The van der Waals surface area contributed by atoms with Gasteiger partial charge < -0.3 is 24.1 Å². The fraction of sp³-hybridized carbons (Fsp3) is 0.577. The Morgan fingerprint density at radius 3 is 2.29 bits per heavy atom. The molecule has 0 aromatic rings. The maximum atomic E-state index is 13.2. The Morgan fingerprint density at radius 1 is 1.24 bits per heavy atom. The van der Waals surface area contributed by atoms with Crippen molar-refractivity contribution in [2.75, 3.05) is 7.11 Å². The summed E-state index contributed by atoms with van der Waals surface area (Å²) in [5.74, 6) is -4.07. The number of carbonyl (C=O) groups is 3. The molecule has 0 spiro atoms. The molecule has 1 N–H and O–H groups in total. The van der Waals surface area contributed by atoms with Crippen LogP contribution in [0.1, 0.15) is 54.9 Å². The van der Waals surface area contributed by atoms with Crippen molar-refractivity contribution < 1.29 is 38.4 Å². The molecule has 0 radical (unpaired) electrons. The molecule has 0 bridgehead atoms. The number of hydrogen-bond donors (Lipinski definition) is 1. The number of esters is 2. The maximum absolute atomic E-state index is 13.2.